The summed E-state index contributed by atoms with van der Waals surface area (Å²) >= 11 is 13.7. The zero-order chi connectivity index (χ0) is 21.7. The maximum absolute atomic E-state index is 12.9. The number of nitriles is 1. The molecule has 8 heteroatoms. The van der Waals surface area contributed by atoms with Crippen LogP contribution in [-0.2, 0) is 9.47 Å². The zero-order valence-corrected chi connectivity index (χ0v) is 18.9. The van der Waals surface area contributed by atoms with E-state index in [9.17, 15) is 10.1 Å². The smallest absolute Gasteiger partial charge is 0.348 e. The lowest BCUT2D eigenvalue weighted by molar-refractivity contribution is 0.0530. The van der Waals surface area contributed by atoms with Crippen molar-refractivity contribution < 1.29 is 14.3 Å². The van der Waals surface area contributed by atoms with Gasteiger partial charge in [0.25, 0.3) is 0 Å². The van der Waals surface area contributed by atoms with Crippen molar-refractivity contribution in [3.05, 3.63) is 62.5 Å². The maximum Gasteiger partial charge on any atom is 0.348 e. The molecule has 1 saturated heterocycles. The monoisotopic (exact) mass is 464 g/mol. The van der Waals surface area contributed by atoms with E-state index in [-0.39, 0.29) is 12.5 Å². The highest BCUT2D eigenvalue weighted by molar-refractivity contribution is 7.18. The van der Waals surface area contributed by atoms with Gasteiger partial charge in [0.1, 0.15) is 15.9 Å². The van der Waals surface area contributed by atoms with Crippen molar-refractivity contribution in [2.45, 2.75) is 19.3 Å². The van der Waals surface area contributed by atoms with Crippen LogP contribution in [0.15, 0.2) is 30.9 Å². The summed E-state index contributed by atoms with van der Waals surface area (Å²) < 4.78 is 10.8. The van der Waals surface area contributed by atoms with Gasteiger partial charge in [0, 0.05) is 24.6 Å². The van der Waals surface area contributed by atoms with Crippen molar-refractivity contribution in [1.29, 1.82) is 5.26 Å². The molecule has 1 aliphatic heterocycles. The van der Waals surface area contributed by atoms with Crippen LogP contribution < -0.4 is 4.90 Å². The average Bonchev–Trinajstić information content (AvgIpc) is 3.14. The Kier molecular flexibility index (Phi) is 7.79. The number of esters is 1. The van der Waals surface area contributed by atoms with Crippen LogP contribution in [0.5, 0.6) is 0 Å². The first kappa shape index (κ1) is 22.6. The minimum atomic E-state index is -0.428. The molecular formula is C22H22Cl2N2O3S. The van der Waals surface area contributed by atoms with Gasteiger partial charge >= 0.3 is 5.97 Å². The standard InChI is InChI=1S/C22H22Cl2N2O3S/c1-3-5-15(14-6-7-17(23)18(24)12-14)19-16(13-25)21(26-8-10-28-11-9-26)30-20(19)22(27)29-4-2/h3,6-7,12,15H,1,4-5,8-11H2,2H3. The Morgan fingerprint density at radius 2 is 2.13 bits per heavy atom. The molecule has 3 rings (SSSR count). The fraction of sp³-hybridized carbons (Fsp3) is 0.364. The van der Waals surface area contributed by atoms with Crippen molar-refractivity contribution >= 4 is 45.5 Å². The Morgan fingerprint density at radius 3 is 2.73 bits per heavy atom. The summed E-state index contributed by atoms with van der Waals surface area (Å²) in [4.78, 5) is 15.4. The van der Waals surface area contributed by atoms with Gasteiger partial charge < -0.3 is 14.4 Å². The first-order valence-corrected chi connectivity index (χ1v) is 11.2. The number of carbonyl (C=O) groups excluding carboxylic acids is 1. The molecule has 2 aromatic rings. The highest BCUT2D eigenvalue weighted by Gasteiger charge is 2.32. The molecule has 1 aliphatic rings. The number of halogens is 2. The van der Waals surface area contributed by atoms with Crippen LogP contribution >= 0.6 is 34.5 Å². The van der Waals surface area contributed by atoms with E-state index in [0.717, 1.165) is 10.6 Å². The fourth-order valence-corrected chi connectivity index (χ4v) is 5.09. The number of ether oxygens (including phenoxy) is 2. The molecule has 1 fully saturated rings. The summed E-state index contributed by atoms with van der Waals surface area (Å²) in [6, 6.07) is 7.71. The Balaban J connectivity index is 2.20. The van der Waals surface area contributed by atoms with Gasteiger partial charge in [0.15, 0.2) is 0 Å². The number of carbonyl (C=O) groups is 1. The van der Waals surface area contributed by atoms with E-state index in [1.165, 1.54) is 11.3 Å². The Hall–Kier alpha value is -2.04. The molecule has 5 nitrogen and oxygen atoms in total. The van der Waals surface area contributed by atoms with Crippen LogP contribution in [0.2, 0.25) is 10.0 Å². The van der Waals surface area contributed by atoms with Crippen LogP contribution in [0.3, 0.4) is 0 Å². The number of thiophene rings is 1. The van der Waals surface area contributed by atoms with Gasteiger partial charge in [-0.3, -0.25) is 0 Å². The molecule has 2 heterocycles. The summed E-state index contributed by atoms with van der Waals surface area (Å²) in [6.07, 6.45) is 2.30. The van der Waals surface area contributed by atoms with Gasteiger partial charge in [0.2, 0.25) is 0 Å². The molecule has 1 aromatic heterocycles. The third-order valence-corrected chi connectivity index (χ3v) is 6.88. The summed E-state index contributed by atoms with van der Waals surface area (Å²) in [5.74, 6) is -0.708. The van der Waals surface area contributed by atoms with Gasteiger partial charge in [0.05, 0.1) is 35.4 Å². The predicted molar refractivity (Wildman–Crippen MR) is 121 cm³/mol. The van der Waals surface area contributed by atoms with Gasteiger partial charge in [-0.2, -0.15) is 5.26 Å². The molecule has 30 heavy (non-hydrogen) atoms. The molecule has 158 valence electrons. The molecule has 1 atom stereocenters. The lowest BCUT2D eigenvalue weighted by atomic mass is 9.86. The molecule has 1 unspecified atom stereocenters. The number of morpholine rings is 1. The quantitative estimate of drug-likeness (QED) is 0.391. The van der Waals surface area contributed by atoms with E-state index in [0.29, 0.717) is 58.8 Å². The number of benzene rings is 1. The Labute approximate surface area is 190 Å². The van der Waals surface area contributed by atoms with E-state index < -0.39 is 5.97 Å². The summed E-state index contributed by atoms with van der Waals surface area (Å²) in [5, 5.41) is 11.7. The zero-order valence-electron chi connectivity index (χ0n) is 16.6. The molecule has 0 aliphatic carbocycles. The van der Waals surface area contributed by atoms with E-state index in [4.69, 9.17) is 32.7 Å². The van der Waals surface area contributed by atoms with E-state index in [2.05, 4.69) is 17.5 Å². The second kappa shape index (κ2) is 10.3. The SMILES string of the molecule is C=CCC(c1ccc(Cl)c(Cl)c1)c1c(C(=O)OCC)sc(N2CCOCC2)c1C#N. The molecule has 0 saturated carbocycles. The summed E-state index contributed by atoms with van der Waals surface area (Å²) in [7, 11) is 0. The molecule has 0 radical (unpaired) electrons. The minimum absolute atomic E-state index is 0.254. The van der Waals surface area contributed by atoms with Crippen LogP contribution in [0.4, 0.5) is 5.00 Å². The van der Waals surface area contributed by atoms with Crippen LogP contribution in [0, 0.1) is 11.3 Å². The minimum Gasteiger partial charge on any atom is -0.462 e. The first-order chi connectivity index (χ1) is 14.5. The molecule has 0 bridgehead atoms. The predicted octanol–water partition coefficient (Wildman–Crippen LogP) is 5.65. The number of hydrogen-bond donors (Lipinski definition) is 0. The fourth-order valence-electron chi connectivity index (χ4n) is 3.53. The normalized spacial score (nSPS) is 14.8. The largest absolute Gasteiger partial charge is 0.462 e. The van der Waals surface area contributed by atoms with Gasteiger partial charge in [-0.25, -0.2) is 4.79 Å². The number of allylic oxidation sites excluding steroid dienone is 1. The third-order valence-electron chi connectivity index (χ3n) is 4.89. The molecule has 1 aromatic carbocycles. The lowest BCUT2D eigenvalue weighted by Gasteiger charge is -2.28. The van der Waals surface area contributed by atoms with Gasteiger partial charge in [-0.15, -0.1) is 17.9 Å². The lowest BCUT2D eigenvalue weighted by Crippen LogP contribution is -2.36. The summed E-state index contributed by atoms with van der Waals surface area (Å²) in [6.45, 7) is 8.37. The van der Waals surface area contributed by atoms with Crippen LogP contribution in [0.25, 0.3) is 0 Å². The van der Waals surface area contributed by atoms with Crippen molar-refractivity contribution in [1.82, 2.24) is 0 Å². The van der Waals surface area contributed by atoms with E-state index in [1.807, 2.05) is 6.07 Å². The Morgan fingerprint density at radius 1 is 1.40 bits per heavy atom. The number of rotatable bonds is 7. The van der Waals surface area contributed by atoms with Crippen molar-refractivity contribution in [3.8, 4) is 6.07 Å². The maximum atomic E-state index is 12.9. The van der Waals surface area contributed by atoms with Crippen molar-refractivity contribution in [3.63, 3.8) is 0 Å². The van der Waals surface area contributed by atoms with E-state index >= 15 is 0 Å². The second-order valence-electron chi connectivity index (χ2n) is 6.71. The van der Waals surface area contributed by atoms with Crippen LogP contribution in [-0.4, -0.2) is 38.9 Å². The van der Waals surface area contributed by atoms with Crippen molar-refractivity contribution in [2.75, 3.05) is 37.8 Å². The first-order valence-electron chi connectivity index (χ1n) is 9.64. The number of nitrogens with zero attached hydrogens (tertiary/aromatic N) is 2. The molecular weight excluding hydrogens is 443 g/mol. The molecule has 0 N–H and O–H groups in total. The summed E-state index contributed by atoms with van der Waals surface area (Å²) in [5.41, 5.74) is 2.00. The Bertz CT molecular complexity index is 977. The van der Waals surface area contributed by atoms with Gasteiger partial charge in [-0.1, -0.05) is 35.3 Å². The van der Waals surface area contributed by atoms with Gasteiger partial charge in [-0.05, 0) is 31.0 Å². The van der Waals surface area contributed by atoms with Crippen molar-refractivity contribution in [2.24, 2.45) is 0 Å². The highest BCUT2D eigenvalue weighted by Crippen LogP contribution is 2.44. The number of anilines is 1. The average molecular weight is 465 g/mol. The highest BCUT2D eigenvalue weighted by atomic mass is 35.5. The van der Waals surface area contributed by atoms with E-state index in [1.54, 1.807) is 25.1 Å². The molecule has 0 amide bonds. The molecule has 0 spiro atoms. The topological polar surface area (TPSA) is 62.6 Å². The third kappa shape index (κ3) is 4.65. The van der Waals surface area contributed by atoms with Crippen LogP contribution in [0.1, 0.15) is 45.6 Å². The number of hydrogen-bond acceptors (Lipinski definition) is 6. The second-order valence-corrected chi connectivity index (χ2v) is 8.52.